The van der Waals surface area contributed by atoms with Crippen LogP contribution in [-0.4, -0.2) is 16.0 Å². The Kier molecular flexibility index (Phi) is 3.85. The Labute approximate surface area is 118 Å². The maximum absolute atomic E-state index is 12.8. The minimum Gasteiger partial charge on any atom is -0.256 e. The van der Waals surface area contributed by atoms with E-state index in [1.54, 1.807) is 12.1 Å². The Morgan fingerprint density at radius 3 is 2.40 bits per heavy atom. The van der Waals surface area contributed by atoms with E-state index in [0.29, 0.717) is 5.69 Å². The molecule has 0 spiro atoms. The largest absolute Gasteiger partial charge is 0.435 e. The molecule has 20 heavy (non-hydrogen) atoms. The van der Waals surface area contributed by atoms with Gasteiger partial charge in [0.1, 0.15) is 5.15 Å². The summed E-state index contributed by atoms with van der Waals surface area (Å²) in [5.41, 5.74) is 0.311. The fourth-order valence-corrected chi connectivity index (χ4v) is 1.79. The third-order valence-electron chi connectivity index (χ3n) is 2.66. The Balaban J connectivity index is 2.40. The summed E-state index contributed by atoms with van der Waals surface area (Å²) in [5, 5.41) is 3.27. The van der Waals surface area contributed by atoms with Crippen LogP contribution in [0.1, 0.15) is 16.8 Å². The van der Waals surface area contributed by atoms with Crippen LogP contribution in [0.5, 0.6) is 0 Å². The van der Waals surface area contributed by atoms with Gasteiger partial charge in [0, 0.05) is 13.3 Å². The van der Waals surface area contributed by atoms with Gasteiger partial charge in [-0.15, -0.1) is 0 Å². The van der Waals surface area contributed by atoms with Crippen molar-refractivity contribution < 1.29 is 13.2 Å². The predicted molar refractivity (Wildman–Crippen MR) is 71.7 cm³/mol. The van der Waals surface area contributed by atoms with Crippen molar-refractivity contribution in [3.8, 4) is 0 Å². The molecule has 0 N–H and O–H groups in total. The van der Waals surface area contributed by atoms with Crippen LogP contribution in [0.25, 0.3) is 0 Å². The van der Waals surface area contributed by atoms with Gasteiger partial charge in [-0.1, -0.05) is 29.3 Å². The molecule has 2 aromatic rings. The Hall–Kier alpha value is -1.82. The van der Waals surface area contributed by atoms with Gasteiger partial charge in [0.15, 0.2) is 5.69 Å². The molecule has 1 aromatic heterocycles. The lowest BCUT2D eigenvalue weighted by molar-refractivity contribution is -0.141. The van der Waals surface area contributed by atoms with Gasteiger partial charge in [0.25, 0.3) is 0 Å². The summed E-state index contributed by atoms with van der Waals surface area (Å²) in [6, 6.07) is 7.07. The standard InChI is InChI=1S/C13H11ClF3N3/c1-8-3-5-9(6-4-8)18-7-10-11(13(15,16)17)19-20(2)12(10)14/h3-7H,1-2H3. The van der Waals surface area contributed by atoms with E-state index in [4.69, 9.17) is 11.6 Å². The molecule has 0 aliphatic heterocycles. The third-order valence-corrected chi connectivity index (χ3v) is 3.10. The van der Waals surface area contributed by atoms with Crippen LogP contribution in [0.15, 0.2) is 29.3 Å². The highest BCUT2D eigenvalue weighted by Gasteiger charge is 2.38. The van der Waals surface area contributed by atoms with E-state index in [1.165, 1.54) is 7.05 Å². The Bertz CT molecular complexity index is 642. The van der Waals surface area contributed by atoms with Crippen LogP contribution in [0, 0.1) is 6.92 Å². The van der Waals surface area contributed by atoms with Crippen LogP contribution < -0.4 is 0 Å². The topological polar surface area (TPSA) is 30.2 Å². The zero-order valence-electron chi connectivity index (χ0n) is 10.7. The molecule has 1 aromatic carbocycles. The van der Waals surface area contributed by atoms with Crippen molar-refractivity contribution in [1.82, 2.24) is 9.78 Å². The first-order valence-corrected chi connectivity index (χ1v) is 6.07. The molecule has 7 heteroatoms. The molecule has 0 saturated heterocycles. The van der Waals surface area contributed by atoms with Crippen LogP contribution >= 0.6 is 11.6 Å². The number of halogens is 4. The van der Waals surface area contributed by atoms with E-state index in [0.717, 1.165) is 16.5 Å². The van der Waals surface area contributed by atoms with Crippen LogP contribution in [0.3, 0.4) is 0 Å². The van der Waals surface area contributed by atoms with E-state index >= 15 is 0 Å². The highest BCUT2D eigenvalue weighted by atomic mass is 35.5. The van der Waals surface area contributed by atoms with Crippen molar-refractivity contribution in [2.24, 2.45) is 12.0 Å². The summed E-state index contributed by atoms with van der Waals surface area (Å²) in [7, 11) is 1.35. The molecule has 0 radical (unpaired) electrons. The molecule has 1 heterocycles. The molecule has 0 aliphatic rings. The second-order valence-corrected chi connectivity index (χ2v) is 4.63. The van der Waals surface area contributed by atoms with Gasteiger partial charge in [-0.2, -0.15) is 18.3 Å². The number of hydrogen-bond donors (Lipinski definition) is 0. The van der Waals surface area contributed by atoms with Crippen LogP contribution in [-0.2, 0) is 13.2 Å². The molecule has 0 aliphatic carbocycles. The molecule has 0 fully saturated rings. The molecule has 0 bridgehead atoms. The second kappa shape index (κ2) is 5.28. The molecule has 2 rings (SSSR count). The average Bonchev–Trinajstić information content (AvgIpc) is 2.65. The fraction of sp³-hybridized carbons (Fsp3) is 0.231. The zero-order valence-corrected chi connectivity index (χ0v) is 11.5. The van der Waals surface area contributed by atoms with E-state index < -0.39 is 11.9 Å². The summed E-state index contributed by atoms with van der Waals surface area (Å²) < 4.78 is 39.4. The lowest BCUT2D eigenvalue weighted by Gasteiger charge is -2.02. The second-order valence-electron chi connectivity index (χ2n) is 4.27. The van der Waals surface area contributed by atoms with Crippen molar-refractivity contribution in [3.05, 3.63) is 46.2 Å². The summed E-state index contributed by atoms with van der Waals surface area (Å²) in [4.78, 5) is 4.00. The van der Waals surface area contributed by atoms with E-state index in [9.17, 15) is 13.2 Å². The number of alkyl halides is 3. The van der Waals surface area contributed by atoms with Crippen LogP contribution in [0.4, 0.5) is 18.9 Å². The van der Waals surface area contributed by atoms with Crippen molar-refractivity contribution in [2.45, 2.75) is 13.1 Å². The maximum Gasteiger partial charge on any atom is 0.435 e. The summed E-state index contributed by atoms with van der Waals surface area (Å²) in [5.74, 6) is 0. The quantitative estimate of drug-likeness (QED) is 0.766. The molecule has 0 saturated carbocycles. The Morgan fingerprint density at radius 2 is 1.85 bits per heavy atom. The normalized spacial score (nSPS) is 12.3. The molecule has 0 unspecified atom stereocenters. The van der Waals surface area contributed by atoms with Crippen molar-refractivity contribution in [2.75, 3.05) is 0 Å². The van der Waals surface area contributed by atoms with Gasteiger partial charge in [-0.3, -0.25) is 9.67 Å². The first kappa shape index (κ1) is 14.6. The smallest absolute Gasteiger partial charge is 0.256 e. The van der Waals surface area contributed by atoms with Gasteiger partial charge < -0.3 is 0 Å². The number of rotatable bonds is 2. The summed E-state index contributed by atoms with van der Waals surface area (Å²) in [6.45, 7) is 1.91. The molecular formula is C13H11ClF3N3. The van der Waals surface area contributed by atoms with Crippen molar-refractivity contribution in [3.63, 3.8) is 0 Å². The highest BCUT2D eigenvalue weighted by molar-refractivity contribution is 6.32. The fourth-order valence-electron chi connectivity index (χ4n) is 1.61. The predicted octanol–water partition coefficient (Wildman–Crippen LogP) is 4.15. The SMILES string of the molecule is Cc1ccc(N=Cc2c(C(F)(F)F)nn(C)c2Cl)cc1. The van der Waals surface area contributed by atoms with E-state index in [1.807, 2.05) is 19.1 Å². The number of aryl methyl sites for hydroxylation is 2. The summed E-state index contributed by atoms with van der Waals surface area (Å²) in [6.07, 6.45) is -3.48. The lowest BCUT2D eigenvalue weighted by Crippen LogP contribution is -2.09. The van der Waals surface area contributed by atoms with Gasteiger partial charge in [-0.25, -0.2) is 0 Å². The monoisotopic (exact) mass is 301 g/mol. The van der Waals surface area contributed by atoms with Crippen LogP contribution in [0.2, 0.25) is 5.15 Å². The number of aromatic nitrogens is 2. The van der Waals surface area contributed by atoms with Gasteiger partial charge in [-0.05, 0) is 19.1 Å². The third kappa shape index (κ3) is 3.01. The first-order chi connectivity index (χ1) is 9.29. The minimum absolute atomic E-state index is 0.104. The van der Waals surface area contributed by atoms with Gasteiger partial charge in [0.2, 0.25) is 0 Å². The highest BCUT2D eigenvalue weighted by Crippen LogP contribution is 2.33. The van der Waals surface area contributed by atoms with Gasteiger partial charge >= 0.3 is 6.18 Å². The summed E-state index contributed by atoms with van der Waals surface area (Å²) >= 11 is 5.82. The van der Waals surface area contributed by atoms with Crippen molar-refractivity contribution >= 4 is 23.5 Å². The average molecular weight is 302 g/mol. The number of nitrogens with zero attached hydrogens (tertiary/aromatic N) is 3. The van der Waals surface area contributed by atoms with E-state index in [-0.39, 0.29) is 10.7 Å². The number of hydrogen-bond acceptors (Lipinski definition) is 2. The molecule has 0 amide bonds. The Morgan fingerprint density at radius 1 is 1.25 bits per heavy atom. The number of benzene rings is 1. The molecule has 3 nitrogen and oxygen atoms in total. The maximum atomic E-state index is 12.8. The number of aliphatic imine (C=N–C) groups is 1. The molecule has 106 valence electrons. The van der Waals surface area contributed by atoms with Crippen molar-refractivity contribution in [1.29, 1.82) is 0 Å². The zero-order chi connectivity index (χ0) is 14.9. The lowest BCUT2D eigenvalue weighted by atomic mass is 10.2. The minimum atomic E-state index is -4.57. The molecular weight excluding hydrogens is 291 g/mol. The van der Waals surface area contributed by atoms with Gasteiger partial charge in [0.05, 0.1) is 11.3 Å². The first-order valence-electron chi connectivity index (χ1n) is 5.69. The molecule has 0 atom stereocenters. The van der Waals surface area contributed by atoms with E-state index in [2.05, 4.69) is 10.1 Å².